The number of hydrogen-bond donors (Lipinski definition) is 1. The molecule has 0 bridgehead atoms. The third-order valence-electron chi connectivity index (χ3n) is 3.26. The summed E-state index contributed by atoms with van der Waals surface area (Å²) in [6.07, 6.45) is 7.98. The zero-order valence-electron chi connectivity index (χ0n) is 9.65. The average molecular weight is 217 g/mol. The van der Waals surface area contributed by atoms with E-state index in [2.05, 4.69) is 51.5 Å². The van der Waals surface area contributed by atoms with E-state index in [1.165, 1.54) is 11.3 Å². The van der Waals surface area contributed by atoms with E-state index in [1.54, 1.807) is 3.88 Å². The second kappa shape index (κ2) is 2.59. The molecular formula is C11H23NTi. The molecule has 76 valence electrons. The minimum atomic E-state index is -2.83. The van der Waals surface area contributed by atoms with Crippen LogP contribution in [0.4, 0.5) is 0 Å². The topological polar surface area (TPSA) is 12.0 Å². The molecule has 0 aromatic heterocycles. The molecule has 0 atom stereocenters. The Labute approximate surface area is 80.7 Å². The normalized spacial score (nSPS) is 22.4. The molecule has 0 spiro atoms. The summed E-state index contributed by atoms with van der Waals surface area (Å²) in [4.78, 5) is 1.17. The zero-order valence-corrected chi connectivity index (χ0v) is 11.2. The third-order valence-corrected chi connectivity index (χ3v) is 11.6. The van der Waals surface area contributed by atoms with E-state index in [-0.39, 0.29) is 0 Å². The third kappa shape index (κ3) is 2.34. The summed E-state index contributed by atoms with van der Waals surface area (Å²) < 4.78 is 1.69. The van der Waals surface area contributed by atoms with Crippen LogP contribution in [0.3, 0.4) is 0 Å². The minimum absolute atomic E-state index is 1.17. The molecule has 1 N–H and O–H groups in total. The van der Waals surface area contributed by atoms with Crippen molar-refractivity contribution in [3.63, 3.8) is 0 Å². The SMILES string of the molecule is CN[CH2][Ti]([CH3])([CH3])([CH3])([CH3])[C]1=CC=CC1. The second-order valence-electron chi connectivity index (χ2n) is 7.45. The molecule has 1 aliphatic rings. The Hall–Kier alpha value is 0.154. The van der Waals surface area contributed by atoms with E-state index in [0.717, 1.165) is 0 Å². The van der Waals surface area contributed by atoms with Crippen molar-refractivity contribution in [2.45, 2.75) is 27.3 Å². The number of rotatable bonds is 3. The van der Waals surface area contributed by atoms with Crippen molar-refractivity contribution in [3.8, 4) is 0 Å². The molecule has 1 aliphatic carbocycles. The van der Waals surface area contributed by atoms with Gasteiger partial charge in [-0.05, 0) is 0 Å². The molecule has 1 nitrogen and oxygen atoms in total. The van der Waals surface area contributed by atoms with E-state index < -0.39 is 14.0 Å². The van der Waals surface area contributed by atoms with Gasteiger partial charge in [0.15, 0.2) is 0 Å². The maximum atomic E-state index is 3.38. The number of nitrogens with one attached hydrogen (secondary N) is 1. The molecule has 0 radical (unpaired) electrons. The standard InChI is InChI=1S/C5H5.C2H6N.4CH3.Ti/c1-2-4-5-3-1;1-3-2;;;;;/h1-3H,4H2;3H,1H2,2H3;4*1H3;. The van der Waals surface area contributed by atoms with Crippen molar-refractivity contribution in [3.05, 3.63) is 22.1 Å². The number of allylic oxidation sites excluding steroid dienone is 4. The predicted octanol–water partition coefficient (Wildman–Crippen LogP) is 3.42. The van der Waals surface area contributed by atoms with E-state index in [1.807, 2.05) is 0 Å². The Balaban J connectivity index is 3.08. The van der Waals surface area contributed by atoms with Crippen LogP contribution in [-0.4, -0.2) is 11.9 Å². The molecule has 0 aromatic carbocycles. The van der Waals surface area contributed by atoms with Gasteiger partial charge in [-0.1, -0.05) is 0 Å². The zero-order chi connectivity index (χ0) is 10.2. The summed E-state index contributed by atoms with van der Waals surface area (Å²) in [6.45, 7) is 0. The Morgan fingerprint density at radius 3 is 2.31 bits per heavy atom. The van der Waals surface area contributed by atoms with Gasteiger partial charge in [0.1, 0.15) is 0 Å². The molecular weight excluding hydrogens is 194 g/mol. The van der Waals surface area contributed by atoms with E-state index in [0.29, 0.717) is 0 Å². The molecule has 0 aliphatic heterocycles. The quantitative estimate of drug-likeness (QED) is 0.714. The Morgan fingerprint density at radius 1 is 1.31 bits per heavy atom. The van der Waals surface area contributed by atoms with Gasteiger partial charge in [0.05, 0.1) is 0 Å². The van der Waals surface area contributed by atoms with Gasteiger partial charge in [-0.25, -0.2) is 0 Å². The second-order valence-corrected chi connectivity index (χ2v) is 26.5. The van der Waals surface area contributed by atoms with Gasteiger partial charge in [-0.2, -0.15) is 0 Å². The monoisotopic (exact) mass is 217 g/mol. The fourth-order valence-corrected chi connectivity index (χ4v) is 8.13. The Morgan fingerprint density at radius 2 is 1.92 bits per heavy atom. The predicted molar refractivity (Wildman–Crippen MR) is 59.2 cm³/mol. The number of hydrogen-bond acceptors (Lipinski definition) is 1. The van der Waals surface area contributed by atoms with Gasteiger partial charge >= 0.3 is 80.7 Å². The van der Waals surface area contributed by atoms with Crippen LogP contribution in [0, 0.1) is 0 Å². The molecule has 0 fully saturated rings. The first-order chi connectivity index (χ1) is 5.68. The van der Waals surface area contributed by atoms with Crippen molar-refractivity contribution < 1.29 is 14.0 Å². The van der Waals surface area contributed by atoms with Crippen LogP contribution in [0.5, 0.6) is 0 Å². The summed E-state index contributed by atoms with van der Waals surface area (Å²) in [7, 11) is 2.06. The van der Waals surface area contributed by atoms with Crippen LogP contribution in [0.2, 0.25) is 20.9 Å². The molecule has 2 heteroatoms. The van der Waals surface area contributed by atoms with E-state index in [4.69, 9.17) is 0 Å². The molecule has 0 saturated heterocycles. The summed E-state index contributed by atoms with van der Waals surface area (Å²) >= 11 is -2.83. The molecule has 1 rings (SSSR count). The average Bonchev–Trinajstić information content (AvgIpc) is 2.33. The summed E-state index contributed by atoms with van der Waals surface area (Å²) in [5.41, 5.74) is 0. The van der Waals surface area contributed by atoms with Crippen LogP contribution >= 0.6 is 0 Å². The van der Waals surface area contributed by atoms with Crippen LogP contribution in [0.25, 0.3) is 0 Å². The first-order valence-electron chi connectivity index (χ1n) is 5.17. The fraction of sp³-hybridized carbons (Fsp3) is 0.636. The van der Waals surface area contributed by atoms with Gasteiger partial charge in [-0.15, -0.1) is 0 Å². The van der Waals surface area contributed by atoms with Crippen LogP contribution < -0.4 is 5.32 Å². The Bertz CT molecular complexity index is 276. The van der Waals surface area contributed by atoms with Crippen molar-refractivity contribution >= 4 is 0 Å². The van der Waals surface area contributed by atoms with Crippen LogP contribution in [0.1, 0.15) is 6.42 Å². The molecule has 0 unspecified atom stereocenters. The van der Waals surface area contributed by atoms with E-state index in [9.17, 15) is 0 Å². The van der Waals surface area contributed by atoms with Crippen molar-refractivity contribution in [2.24, 2.45) is 0 Å². The first-order valence-corrected chi connectivity index (χ1v) is 13.3. The molecule has 13 heavy (non-hydrogen) atoms. The molecule has 0 aromatic rings. The van der Waals surface area contributed by atoms with Crippen LogP contribution in [0.15, 0.2) is 22.1 Å². The van der Waals surface area contributed by atoms with Gasteiger partial charge in [-0.3, -0.25) is 0 Å². The summed E-state index contributed by atoms with van der Waals surface area (Å²) in [5, 5.41) is 13.4. The van der Waals surface area contributed by atoms with Gasteiger partial charge in [0, 0.05) is 0 Å². The fourth-order valence-electron chi connectivity index (χ4n) is 2.23. The van der Waals surface area contributed by atoms with E-state index >= 15 is 0 Å². The van der Waals surface area contributed by atoms with Gasteiger partial charge in [0.25, 0.3) is 0 Å². The maximum absolute atomic E-state index is 3.38. The van der Waals surface area contributed by atoms with Crippen molar-refractivity contribution in [1.29, 1.82) is 0 Å². The molecule has 0 saturated carbocycles. The van der Waals surface area contributed by atoms with Gasteiger partial charge in [0.2, 0.25) is 0 Å². The summed E-state index contributed by atoms with van der Waals surface area (Å²) in [6, 6.07) is 0. The van der Waals surface area contributed by atoms with Crippen LogP contribution in [-0.2, 0) is 14.0 Å². The van der Waals surface area contributed by atoms with Gasteiger partial charge < -0.3 is 0 Å². The molecule has 0 heterocycles. The molecule has 0 amide bonds. The Kier molecular flexibility index (Phi) is 2.24. The summed E-state index contributed by atoms with van der Waals surface area (Å²) in [5.74, 6) is 0. The van der Waals surface area contributed by atoms with Crippen molar-refractivity contribution in [1.82, 2.24) is 5.32 Å². The first kappa shape index (κ1) is 11.2. The van der Waals surface area contributed by atoms with Crippen molar-refractivity contribution in [2.75, 3.05) is 11.9 Å².